The summed E-state index contributed by atoms with van der Waals surface area (Å²) in [6.07, 6.45) is 7.42. The third-order valence-corrected chi connectivity index (χ3v) is 3.43. The van der Waals surface area contributed by atoms with E-state index < -0.39 is 0 Å². The molecular weight excluding hydrogens is 210 g/mol. The summed E-state index contributed by atoms with van der Waals surface area (Å²) in [6, 6.07) is 0. The number of hydrogen-bond donors (Lipinski definition) is 3. The van der Waals surface area contributed by atoms with Crippen molar-refractivity contribution in [2.75, 3.05) is 26.2 Å². The van der Waals surface area contributed by atoms with Crippen molar-refractivity contribution >= 4 is 0 Å². The Morgan fingerprint density at radius 2 is 1.18 bits per heavy atom. The third kappa shape index (κ3) is 12.1. The molecule has 0 spiro atoms. The Bertz CT molecular complexity index is 134. The van der Waals surface area contributed by atoms with Gasteiger partial charge in [-0.15, -0.1) is 0 Å². The highest BCUT2D eigenvalue weighted by Gasteiger charge is 2.02. The van der Waals surface area contributed by atoms with Crippen LogP contribution in [0.25, 0.3) is 0 Å². The van der Waals surface area contributed by atoms with Crippen LogP contribution in [0.5, 0.6) is 0 Å². The van der Waals surface area contributed by atoms with E-state index in [0.29, 0.717) is 0 Å². The number of rotatable bonds is 12. The summed E-state index contributed by atoms with van der Waals surface area (Å²) in [6.45, 7) is 8.60. The average molecular weight is 243 g/mol. The van der Waals surface area contributed by atoms with Crippen LogP contribution >= 0.6 is 0 Å². The quantitative estimate of drug-likeness (QED) is 0.460. The van der Waals surface area contributed by atoms with E-state index in [1.807, 2.05) is 0 Å². The van der Waals surface area contributed by atoms with Gasteiger partial charge in [0.2, 0.25) is 0 Å². The van der Waals surface area contributed by atoms with Crippen molar-refractivity contribution < 1.29 is 0 Å². The zero-order chi connectivity index (χ0) is 12.9. The van der Waals surface area contributed by atoms with E-state index >= 15 is 0 Å². The van der Waals surface area contributed by atoms with Gasteiger partial charge in [0.15, 0.2) is 0 Å². The van der Waals surface area contributed by atoms with Crippen LogP contribution in [0.2, 0.25) is 0 Å². The van der Waals surface area contributed by atoms with Gasteiger partial charge in [-0.05, 0) is 76.5 Å². The molecule has 3 heteroatoms. The first-order valence-electron chi connectivity index (χ1n) is 7.31. The van der Waals surface area contributed by atoms with Crippen molar-refractivity contribution in [3.63, 3.8) is 0 Å². The molecule has 3 nitrogen and oxygen atoms in total. The molecule has 0 aliphatic rings. The smallest absolute Gasteiger partial charge is 0.00464 e. The van der Waals surface area contributed by atoms with Gasteiger partial charge in [-0.3, -0.25) is 0 Å². The predicted molar refractivity (Wildman–Crippen MR) is 77.0 cm³/mol. The van der Waals surface area contributed by atoms with Gasteiger partial charge in [0.25, 0.3) is 0 Å². The summed E-state index contributed by atoms with van der Waals surface area (Å²) in [5, 5.41) is 3.54. The molecule has 2 unspecified atom stereocenters. The lowest BCUT2D eigenvalue weighted by Gasteiger charge is -2.13. The molecule has 0 saturated heterocycles. The van der Waals surface area contributed by atoms with Crippen molar-refractivity contribution in [2.24, 2.45) is 23.3 Å². The molecule has 104 valence electrons. The van der Waals surface area contributed by atoms with Crippen molar-refractivity contribution in [3.05, 3.63) is 0 Å². The molecule has 0 rings (SSSR count). The fraction of sp³-hybridized carbons (Fsp3) is 1.00. The van der Waals surface area contributed by atoms with E-state index in [1.54, 1.807) is 0 Å². The fourth-order valence-electron chi connectivity index (χ4n) is 2.04. The Kier molecular flexibility index (Phi) is 12.3. The first kappa shape index (κ1) is 16.9. The zero-order valence-electron chi connectivity index (χ0n) is 11.9. The Balaban J connectivity index is 3.22. The van der Waals surface area contributed by atoms with Gasteiger partial charge in [-0.25, -0.2) is 0 Å². The molecule has 0 aliphatic heterocycles. The van der Waals surface area contributed by atoms with Crippen molar-refractivity contribution in [1.29, 1.82) is 0 Å². The summed E-state index contributed by atoms with van der Waals surface area (Å²) in [5.74, 6) is 1.61. The highest BCUT2D eigenvalue weighted by atomic mass is 14.8. The monoisotopic (exact) mass is 243 g/mol. The molecule has 0 aliphatic carbocycles. The second-order valence-corrected chi connectivity index (χ2v) is 5.40. The molecule has 2 atom stereocenters. The van der Waals surface area contributed by atoms with Crippen molar-refractivity contribution in [2.45, 2.75) is 52.4 Å². The van der Waals surface area contributed by atoms with E-state index in [-0.39, 0.29) is 0 Å². The Labute approximate surface area is 108 Å². The topological polar surface area (TPSA) is 64.1 Å². The summed E-state index contributed by atoms with van der Waals surface area (Å²) in [4.78, 5) is 0. The van der Waals surface area contributed by atoms with Crippen molar-refractivity contribution in [1.82, 2.24) is 5.32 Å². The number of nitrogens with one attached hydrogen (secondary N) is 1. The molecule has 0 radical (unpaired) electrons. The Hall–Kier alpha value is -0.120. The molecule has 0 bridgehead atoms. The normalized spacial score (nSPS) is 14.8. The van der Waals surface area contributed by atoms with Gasteiger partial charge in [0.1, 0.15) is 0 Å². The molecule has 0 fully saturated rings. The standard InChI is InChI=1S/C14H33N3/c1-13(5-3-9-15)7-11-17-12-8-14(2)6-4-10-16/h13-14,17H,3-12,15-16H2,1-2H3. The minimum Gasteiger partial charge on any atom is -0.330 e. The van der Waals surface area contributed by atoms with Crippen LogP contribution in [-0.4, -0.2) is 26.2 Å². The molecule has 0 aromatic rings. The molecule has 0 aromatic carbocycles. The van der Waals surface area contributed by atoms with Crippen LogP contribution in [0.15, 0.2) is 0 Å². The Morgan fingerprint density at radius 1 is 0.765 bits per heavy atom. The van der Waals surface area contributed by atoms with Crippen LogP contribution in [0.4, 0.5) is 0 Å². The number of nitrogens with two attached hydrogens (primary N) is 2. The summed E-state index contributed by atoms with van der Waals surface area (Å²) < 4.78 is 0. The van der Waals surface area contributed by atoms with Crippen LogP contribution in [0.3, 0.4) is 0 Å². The zero-order valence-corrected chi connectivity index (χ0v) is 11.9. The lowest BCUT2D eigenvalue weighted by atomic mass is 10.0. The van der Waals surface area contributed by atoms with Crippen molar-refractivity contribution in [3.8, 4) is 0 Å². The average Bonchev–Trinajstić information content (AvgIpc) is 2.33. The summed E-state index contributed by atoms with van der Waals surface area (Å²) in [7, 11) is 0. The van der Waals surface area contributed by atoms with E-state index in [4.69, 9.17) is 11.5 Å². The Morgan fingerprint density at radius 3 is 1.53 bits per heavy atom. The van der Waals surface area contributed by atoms with E-state index in [0.717, 1.165) is 50.9 Å². The number of hydrogen-bond acceptors (Lipinski definition) is 3. The molecule has 5 N–H and O–H groups in total. The minimum absolute atomic E-state index is 0.806. The maximum Gasteiger partial charge on any atom is -0.00464 e. The SMILES string of the molecule is CC(CCCN)CCNCCC(C)CCCN. The van der Waals surface area contributed by atoms with Crippen LogP contribution in [-0.2, 0) is 0 Å². The molecule has 0 aromatic heterocycles. The summed E-state index contributed by atoms with van der Waals surface area (Å²) >= 11 is 0. The maximum absolute atomic E-state index is 5.50. The molecule has 0 amide bonds. The second kappa shape index (κ2) is 12.3. The van der Waals surface area contributed by atoms with Gasteiger partial charge in [-0.1, -0.05) is 13.8 Å². The van der Waals surface area contributed by atoms with Crippen LogP contribution < -0.4 is 16.8 Å². The second-order valence-electron chi connectivity index (χ2n) is 5.40. The van der Waals surface area contributed by atoms with Gasteiger partial charge in [-0.2, -0.15) is 0 Å². The van der Waals surface area contributed by atoms with Gasteiger partial charge in [0, 0.05) is 0 Å². The molecule has 0 saturated carbocycles. The third-order valence-electron chi connectivity index (χ3n) is 3.43. The van der Waals surface area contributed by atoms with Gasteiger partial charge in [0.05, 0.1) is 0 Å². The van der Waals surface area contributed by atoms with E-state index in [9.17, 15) is 0 Å². The van der Waals surface area contributed by atoms with Gasteiger partial charge < -0.3 is 16.8 Å². The molecule has 0 heterocycles. The maximum atomic E-state index is 5.50. The largest absolute Gasteiger partial charge is 0.330 e. The van der Waals surface area contributed by atoms with E-state index in [1.165, 1.54) is 25.7 Å². The molecular formula is C14H33N3. The molecule has 17 heavy (non-hydrogen) atoms. The van der Waals surface area contributed by atoms with Crippen LogP contribution in [0.1, 0.15) is 52.4 Å². The van der Waals surface area contributed by atoms with Crippen LogP contribution in [0, 0.1) is 11.8 Å². The van der Waals surface area contributed by atoms with E-state index in [2.05, 4.69) is 19.2 Å². The lowest BCUT2D eigenvalue weighted by Crippen LogP contribution is -2.20. The highest BCUT2D eigenvalue weighted by molar-refractivity contribution is 4.59. The predicted octanol–water partition coefficient (Wildman–Crippen LogP) is 2.11. The minimum atomic E-state index is 0.806. The lowest BCUT2D eigenvalue weighted by molar-refractivity contribution is 0.429. The summed E-state index contributed by atoms with van der Waals surface area (Å²) in [5.41, 5.74) is 11.0. The first-order chi connectivity index (χ1) is 8.20. The van der Waals surface area contributed by atoms with Gasteiger partial charge >= 0.3 is 0 Å². The fourth-order valence-corrected chi connectivity index (χ4v) is 2.04. The first-order valence-corrected chi connectivity index (χ1v) is 7.31. The highest BCUT2D eigenvalue weighted by Crippen LogP contribution is 2.10.